The van der Waals surface area contributed by atoms with Crippen molar-refractivity contribution in [3.63, 3.8) is 0 Å². The van der Waals surface area contributed by atoms with Crippen molar-refractivity contribution < 1.29 is 9.50 Å². The predicted octanol–water partition coefficient (Wildman–Crippen LogP) is 3.41. The molecule has 3 N–H and O–H groups in total. The fraction of sp³-hybridized carbons (Fsp3) is 0.190. The number of nitrogens with zero attached hydrogens (tertiary/aromatic N) is 3. The number of aromatic nitrogens is 2. The largest absolute Gasteiger partial charge is 0.378 e. The maximum Gasteiger partial charge on any atom is 0.229 e. The van der Waals surface area contributed by atoms with Gasteiger partial charge in [-0.25, -0.2) is 4.39 Å². The van der Waals surface area contributed by atoms with Crippen molar-refractivity contribution >= 4 is 40.3 Å². The Balaban J connectivity index is 1.84. The molecule has 0 spiro atoms. The topological polar surface area (TPSA) is 89.0 Å². The van der Waals surface area contributed by atoms with Crippen molar-refractivity contribution in [1.82, 2.24) is 9.55 Å². The zero-order valence-electron chi connectivity index (χ0n) is 15.5. The van der Waals surface area contributed by atoms with E-state index in [1.807, 2.05) is 24.3 Å². The van der Waals surface area contributed by atoms with Gasteiger partial charge in [0.2, 0.25) is 5.62 Å². The third kappa shape index (κ3) is 3.60. The summed E-state index contributed by atoms with van der Waals surface area (Å²) >= 11 is 5.92. The highest BCUT2D eigenvalue weighted by Crippen LogP contribution is 2.34. The summed E-state index contributed by atoms with van der Waals surface area (Å²) in [5.74, 6) is 5.60. The summed E-state index contributed by atoms with van der Waals surface area (Å²) in [6.45, 7) is 0. The number of anilines is 2. The number of aliphatic hydroxyl groups is 1. The highest BCUT2D eigenvalue weighted by Gasteiger charge is 2.38. The summed E-state index contributed by atoms with van der Waals surface area (Å²) in [6.07, 6.45) is 2.31. The number of hydrogen-bond donors (Lipinski definition) is 3. The van der Waals surface area contributed by atoms with Crippen LogP contribution >= 0.6 is 11.6 Å². The van der Waals surface area contributed by atoms with E-state index < -0.39 is 11.4 Å². The fourth-order valence-corrected chi connectivity index (χ4v) is 3.13. The van der Waals surface area contributed by atoms with E-state index in [0.717, 1.165) is 17.6 Å². The highest BCUT2D eigenvalue weighted by molar-refractivity contribution is 6.31. The molecule has 1 aromatic heterocycles. The van der Waals surface area contributed by atoms with E-state index in [9.17, 15) is 9.50 Å². The molecule has 146 valence electrons. The van der Waals surface area contributed by atoms with E-state index in [0.29, 0.717) is 29.6 Å². The number of rotatable bonds is 3. The van der Waals surface area contributed by atoms with E-state index in [4.69, 9.17) is 22.4 Å². The number of hydrogen-bond acceptors (Lipinski definition) is 5. The van der Waals surface area contributed by atoms with Crippen molar-refractivity contribution in [2.75, 3.05) is 11.9 Å². The van der Waals surface area contributed by atoms with Gasteiger partial charge in [-0.1, -0.05) is 29.5 Å². The van der Waals surface area contributed by atoms with Crippen LogP contribution in [-0.2, 0) is 0 Å². The van der Waals surface area contributed by atoms with Gasteiger partial charge in [0.1, 0.15) is 17.2 Å². The maximum absolute atomic E-state index is 14.2. The van der Waals surface area contributed by atoms with Gasteiger partial charge in [0.25, 0.3) is 0 Å². The Hall–Kier alpha value is -3.21. The van der Waals surface area contributed by atoms with Crippen LogP contribution in [0, 0.1) is 28.5 Å². The quantitative estimate of drug-likeness (QED) is 0.352. The van der Waals surface area contributed by atoms with Crippen molar-refractivity contribution in [2.24, 2.45) is 0 Å². The third-order valence-corrected chi connectivity index (χ3v) is 5.11. The smallest absolute Gasteiger partial charge is 0.229 e. The molecule has 8 heteroatoms. The molecule has 0 saturated heterocycles. The molecule has 1 fully saturated rings. The summed E-state index contributed by atoms with van der Waals surface area (Å²) in [5, 5.41) is 25.9. The Morgan fingerprint density at radius 1 is 1.34 bits per heavy atom. The lowest BCUT2D eigenvalue weighted by Crippen LogP contribution is -2.26. The molecule has 0 atom stereocenters. The molecule has 3 aromatic rings. The number of benzene rings is 2. The second kappa shape index (κ2) is 6.99. The summed E-state index contributed by atoms with van der Waals surface area (Å²) in [6, 6.07) is 9.98. The first kappa shape index (κ1) is 19.1. The Kier molecular flexibility index (Phi) is 4.61. The van der Waals surface area contributed by atoms with Crippen molar-refractivity contribution in [2.45, 2.75) is 18.4 Å². The first-order chi connectivity index (χ1) is 13.8. The van der Waals surface area contributed by atoms with Crippen molar-refractivity contribution in [3.8, 4) is 11.8 Å². The van der Waals surface area contributed by atoms with Gasteiger partial charge in [-0.2, -0.15) is 4.98 Å². The Morgan fingerprint density at radius 3 is 2.79 bits per heavy atom. The third-order valence-electron chi connectivity index (χ3n) is 4.82. The lowest BCUT2D eigenvalue weighted by atomic mass is 10.1. The van der Waals surface area contributed by atoms with Crippen LogP contribution in [0.2, 0.25) is 5.02 Å². The van der Waals surface area contributed by atoms with Crippen molar-refractivity contribution in [1.29, 1.82) is 10.8 Å². The first-order valence-electron chi connectivity index (χ1n) is 8.87. The summed E-state index contributed by atoms with van der Waals surface area (Å²) in [4.78, 5) is 5.98. The van der Waals surface area contributed by atoms with Gasteiger partial charge in [0, 0.05) is 23.7 Å². The minimum Gasteiger partial charge on any atom is -0.378 e. The Bertz CT molecular complexity index is 1270. The SMILES string of the molecule is CN(c1cccc(C#CC2(O)CC2)c1)c1nc(=N)n(C=N)c2cc(Cl)c(F)cc12. The van der Waals surface area contributed by atoms with Gasteiger partial charge < -0.3 is 10.0 Å². The molecule has 1 aliphatic carbocycles. The standard InChI is InChI=1S/C21H17ClFN5O/c1-27(14-4-2-3-13(9-14)5-6-21(29)7-8-21)19-15-10-17(23)16(22)11-18(15)28(12-24)20(25)26-19/h2-4,9-12,24-25,29H,7-8H2,1H3. The number of nitrogens with one attached hydrogen (secondary N) is 2. The van der Waals surface area contributed by atoms with Crippen LogP contribution in [0.5, 0.6) is 0 Å². The fourth-order valence-electron chi connectivity index (χ4n) is 2.98. The molecule has 0 aliphatic heterocycles. The molecule has 0 unspecified atom stereocenters. The average molecular weight is 410 g/mol. The van der Waals surface area contributed by atoms with E-state index in [1.165, 1.54) is 16.7 Å². The molecule has 0 amide bonds. The summed E-state index contributed by atoms with van der Waals surface area (Å²) < 4.78 is 15.4. The van der Waals surface area contributed by atoms with E-state index >= 15 is 0 Å². The zero-order valence-corrected chi connectivity index (χ0v) is 16.3. The van der Waals surface area contributed by atoms with Crippen LogP contribution in [0.4, 0.5) is 15.9 Å². The number of halogens is 2. The van der Waals surface area contributed by atoms with E-state index in [-0.39, 0.29) is 10.6 Å². The van der Waals surface area contributed by atoms with Gasteiger partial charge in [-0.3, -0.25) is 15.4 Å². The normalized spacial score (nSPS) is 14.2. The van der Waals surface area contributed by atoms with Crippen LogP contribution in [0.1, 0.15) is 18.4 Å². The highest BCUT2D eigenvalue weighted by atomic mass is 35.5. The van der Waals surface area contributed by atoms with Gasteiger partial charge in [0.15, 0.2) is 0 Å². The van der Waals surface area contributed by atoms with Gasteiger partial charge in [-0.15, -0.1) is 0 Å². The molecule has 29 heavy (non-hydrogen) atoms. The molecule has 0 bridgehead atoms. The summed E-state index contributed by atoms with van der Waals surface area (Å²) in [5.41, 5.74) is 0.820. The minimum absolute atomic E-state index is 0.0948. The zero-order chi connectivity index (χ0) is 20.8. The molecular weight excluding hydrogens is 393 g/mol. The maximum atomic E-state index is 14.2. The summed E-state index contributed by atoms with van der Waals surface area (Å²) in [7, 11) is 1.75. The van der Waals surface area contributed by atoms with Crippen LogP contribution in [0.3, 0.4) is 0 Å². The molecule has 6 nitrogen and oxygen atoms in total. The molecule has 1 saturated carbocycles. The van der Waals surface area contributed by atoms with Crippen LogP contribution in [0.25, 0.3) is 10.9 Å². The van der Waals surface area contributed by atoms with Gasteiger partial charge in [0.05, 0.1) is 16.9 Å². The number of fused-ring (bicyclic) bond motifs is 1. The van der Waals surface area contributed by atoms with E-state index in [2.05, 4.69) is 16.8 Å². The Labute approximate surface area is 171 Å². The second-order valence-corrected chi connectivity index (χ2v) is 7.34. The van der Waals surface area contributed by atoms with Crippen molar-refractivity contribution in [3.05, 3.63) is 58.4 Å². The molecule has 1 aliphatic rings. The predicted molar refractivity (Wildman–Crippen MR) is 110 cm³/mol. The van der Waals surface area contributed by atoms with Crippen LogP contribution in [-0.4, -0.2) is 33.6 Å². The monoisotopic (exact) mass is 409 g/mol. The average Bonchev–Trinajstić information content (AvgIpc) is 3.45. The lowest BCUT2D eigenvalue weighted by Gasteiger charge is -2.21. The molecule has 2 aromatic carbocycles. The Morgan fingerprint density at radius 2 is 2.10 bits per heavy atom. The first-order valence-corrected chi connectivity index (χ1v) is 9.25. The molecule has 4 rings (SSSR count). The molecule has 1 heterocycles. The van der Waals surface area contributed by atoms with Gasteiger partial charge in [-0.05, 0) is 43.2 Å². The molecule has 0 radical (unpaired) electrons. The molecular formula is C21H17ClFN5O. The van der Waals surface area contributed by atoms with Crippen LogP contribution < -0.4 is 10.5 Å². The second-order valence-electron chi connectivity index (χ2n) is 6.93. The van der Waals surface area contributed by atoms with Gasteiger partial charge >= 0.3 is 0 Å². The minimum atomic E-state index is -0.865. The van der Waals surface area contributed by atoms with E-state index in [1.54, 1.807) is 11.9 Å². The lowest BCUT2D eigenvalue weighted by molar-refractivity contribution is 0.212. The van der Waals surface area contributed by atoms with Crippen LogP contribution in [0.15, 0.2) is 36.4 Å².